The summed E-state index contributed by atoms with van der Waals surface area (Å²) in [6.45, 7) is 1.08. The lowest BCUT2D eigenvalue weighted by Gasteiger charge is -2.30. The zero-order valence-corrected chi connectivity index (χ0v) is 36.1. The summed E-state index contributed by atoms with van der Waals surface area (Å²) in [4.78, 5) is 114. The Labute approximate surface area is 375 Å². The van der Waals surface area contributed by atoms with Crippen molar-refractivity contribution in [3.63, 3.8) is 0 Å². The molecule has 10 N–H and O–H groups in total. The number of hydrogen-bond donors (Lipinski definition) is 10. The lowest BCUT2D eigenvalue weighted by atomic mass is 9.85. The number of urea groups is 1. The number of amides is 6. The number of rotatable bonds is 22. The highest BCUT2D eigenvalue weighted by atomic mass is 16.4. The Morgan fingerprint density at radius 1 is 0.646 bits per heavy atom. The smallest absolute Gasteiger partial charge is 0.407 e. The van der Waals surface area contributed by atoms with Crippen LogP contribution in [0.15, 0.2) is 42.5 Å². The fourth-order valence-electron chi connectivity index (χ4n) is 7.81. The average molecular weight is 913 g/mol. The maximum atomic E-state index is 13.7. The summed E-state index contributed by atoms with van der Waals surface area (Å²) in [5.74, 6) is -5.38. The van der Waals surface area contributed by atoms with E-state index in [1.54, 1.807) is 4.90 Å². The van der Waals surface area contributed by atoms with E-state index in [4.69, 9.17) is 5.11 Å². The first-order valence-corrected chi connectivity index (χ1v) is 21.7. The summed E-state index contributed by atoms with van der Waals surface area (Å²) in [5, 5.41) is 62.0. The predicted octanol–water partition coefficient (Wildman–Crippen LogP) is 1.22. The molecule has 1 aliphatic heterocycles. The van der Waals surface area contributed by atoms with Gasteiger partial charge in [-0.15, -0.1) is 0 Å². The third-order valence-electron chi connectivity index (χ3n) is 11.6. The Balaban J connectivity index is 1.27. The first-order valence-electron chi connectivity index (χ1n) is 21.7. The minimum Gasteiger partial charge on any atom is -0.481 e. The maximum absolute atomic E-state index is 13.7. The van der Waals surface area contributed by atoms with Gasteiger partial charge in [0.2, 0.25) is 11.8 Å². The first-order chi connectivity index (χ1) is 31.0. The van der Waals surface area contributed by atoms with Crippen molar-refractivity contribution in [2.75, 3.05) is 58.9 Å². The van der Waals surface area contributed by atoms with Crippen molar-refractivity contribution >= 4 is 64.5 Å². The third-order valence-corrected chi connectivity index (χ3v) is 11.6. The molecule has 1 aliphatic carbocycles. The van der Waals surface area contributed by atoms with E-state index in [2.05, 4.69) is 26.6 Å². The SMILES string of the molecule is O=C(O)CC[C@H](NC(=O)N[C@@H](CCCCNC(=O)[C@H](Cc1ccc2ccccc2c1)NC(=O)C1CCC(NCC(=O)CN2CCN(C(=O)O)CCN(C(=O)O)CC2)CC1)C(=O)O)C(=O)O. The molecule has 0 spiro atoms. The van der Waals surface area contributed by atoms with Crippen LogP contribution in [-0.2, 0) is 35.2 Å². The van der Waals surface area contributed by atoms with Gasteiger partial charge in [-0.3, -0.25) is 24.1 Å². The van der Waals surface area contributed by atoms with Crippen molar-refractivity contribution in [1.82, 2.24) is 41.3 Å². The molecule has 22 nitrogen and oxygen atoms in total. The van der Waals surface area contributed by atoms with E-state index in [1.807, 2.05) is 42.5 Å². The van der Waals surface area contributed by atoms with Gasteiger partial charge in [0.05, 0.1) is 13.1 Å². The summed E-state index contributed by atoms with van der Waals surface area (Å²) in [7, 11) is 0. The lowest BCUT2D eigenvalue weighted by molar-refractivity contribution is -0.141. The molecule has 1 saturated heterocycles. The highest BCUT2D eigenvalue weighted by Crippen LogP contribution is 2.25. The number of ketones is 1. The van der Waals surface area contributed by atoms with Crippen molar-refractivity contribution in [3.8, 4) is 0 Å². The number of Topliss-reactive ketones (excluding diaryl/α,β-unsaturated/α-hetero) is 1. The van der Waals surface area contributed by atoms with E-state index in [0.29, 0.717) is 32.1 Å². The summed E-state index contributed by atoms with van der Waals surface area (Å²) in [6, 6.07) is 8.47. The van der Waals surface area contributed by atoms with Gasteiger partial charge in [0.15, 0.2) is 5.78 Å². The standard InChI is InChI=1S/C43H60N8O14/c52-32(26-49-17-19-50(42(62)63)21-22-51(20-18-49)43(64)65)25-45-31-12-10-29(11-13-31)37(55)46-35(24-27-8-9-28-5-1-2-6-30(28)23-27)38(56)44-16-4-3-7-33(39(57)58)47-41(61)48-34(40(59)60)14-15-36(53)54/h1-2,5-6,8-9,23,29,31,33-35,45H,3-4,7,10-22,24-26H2,(H,44,56)(H,46,55)(H,53,54)(H,57,58)(H,59,60)(H,62,63)(H,64,65)(H2,47,48,61)/t29?,31?,33-,34-,35-/m0/s1. The van der Waals surface area contributed by atoms with Crippen LogP contribution in [0.1, 0.15) is 63.4 Å². The molecule has 2 fully saturated rings. The van der Waals surface area contributed by atoms with Crippen LogP contribution in [0.25, 0.3) is 10.8 Å². The Morgan fingerprint density at radius 3 is 1.82 bits per heavy atom. The molecule has 2 aromatic rings. The monoisotopic (exact) mass is 912 g/mol. The molecule has 0 bridgehead atoms. The molecule has 6 amide bonds. The number of carboxylic acids is 3. The normalized spacial score (nSPS) is 18.4. The number of carbonyl (C=O) groups is 9. The number of hydrogen-bond acceptors (Lipinski definition) is 11. The molecule has 22 heteroatoms. The summed E-state index contributed by atoms with van der Waals surface area (Å²) in [5.41, 5.74) is 0.813. The van der Waals surface area contributed by atoms with Crippen LogP contribution in [0.4, 0.5) is 14.4 Å². The van der Waals surface area contributed by atoms with Gasteiger partial charge in [-0.25, -0.2) is 24.0 Å². The zero-order valence-electron chi connectivity index (χ0n) is 36.1. The van der Waals surface area contributed by atoms with E-state index in [-0.39, 0.29) is 95.9 Å². The number of aliphatic carboxylic acids is 3. The number of unbranched alkanes of at least 4 members (excludes halogenated alkanes) is 1. The fraction of sp³-hybridized carbons (Fsp3) is 0.558. The van der Waals surface area contributed by atoms with Crippen molar-refractivity contribution in [2.45, 2.75) is 88.4 Å². The molecule has 3 atom stereocenters. The third kappa shape index (κ3) is 17.5. The van der Waals surface area contributed by atoms with Crippen LogP contribution < -0.4 is 26.6 Å². The molecule has 4 rings (SSSR count). The minimum atomic E-state index is -1.54. The van der Waals surface area contributed by atoms with E-state index in [9.17, 15) is 63.6 Å². The largest absolute Gasteiger partial charge is 0.481 e. The Morgan fingerprint density at radius 2 is 1.23 bits per heavy atom. The van der Waals surface area contributed by atoms with E-state index >= 15 is 0 Å². The number of fused-ring (bicyclic) bond motifs is 1. The van der Waals surface area contributed by atoms with E-state index in [1.165, 1.54) is 0 Å². The van der Waals surface area contributed by atoms with Crippen LogP contribution in [0.5, 0.6) is 0 Å². The molecular formula is C43H60N8O14. The molecule has 2 aliphatic rings. The van der Waals surface area contributed by atoms with Gasteiger partial charge in [-0.05, 0) is 67.7 Å². The highest BCUT2D eigenvalue weighted by molar-refractivity contribution is 5.90. The Kier molecular flexibility index (Phi) is 20.2. The molecule has 65 heavy (non-hydrogen) atoms. The van der Waals surface area contributed by atoms with Crippen molar-refractivity contribution in [2.24, 2.45) is 5.92 Å². The van der Waals surface area contributed by atoms with Crippen LogP contribution in [0, 0.1) is 5.92 Å². The van der Waals surface area contributed by atoms with Gasteiger partial charge in [0.1, 0.15) is 18.1 Å². The van der Waals surface area contributed by atoms with Crippen molar-refractivity contribution < 1.29 is 68.7 Å². The number of nitrogens with zero attached hydrogens (tertiary/aromatic N) is 3. The molecule has 0 unspecified atom stereocenters. The molecule has 1 saturated carbocycles. The van der Waals surface area contributed by atoms with E-state index in [0.717, 1.165) is 26.1 Å². The number of carboxylic acid groups (broad SMARTS) is 5. The van der Waals surface area contributed by atoms with E-state index < -0.39 is 78.9 Å². The van der Waals surface area contributed by atoms with Crippen LogP contribution in [0.3, 0.4) is 0 Å². The quantitative estimate of drug-likeness (QED) is 0.0743. The lowest BCUT2D eigenvalue weighted by Crippen LogP contribution is -2.51. The second-order valence-electron chi connectivity index (χ2n) is 16.3. The van der Waals surface area contributed by atoms with Gasteiger partial charge in [0.25, 0.3) is 0 Å². The van der Waals surface area contributed by atoms with Crippen LogP contribution >= 0.6 is 0 Å². The number of nitrogens with one attached hydrogen (secondary N) is 5. The average Bonchev–Trinajstić information content (AvgIpc) is 3.37. The molecular weight excluding hydrogens is 853 g/mol. The topological polar surface area (TPSA) is 325 Å². The summed E-state index contributed by atoms with van der Waals surface area (Å²) in [6.07, 6.45) is -0.399. The van der Waals surface area contributed by atoms with Gasteiger partial charge in [-0.1, -0.05) is 42.5 Å². The Hall–Kier alpha value is -6.55. The Bertz CT molecular complexity index is 1980. The highest BCUT2D eigenvalue weighted by Gasteiger charge is 2.31. The summed E-state index contributed by atoms with van der Waals surface area (Å²) < 4.78 is 0. The minimum absolute atomic E-state index is 0.0143. The number of carbonyl (C=O) groups excluding carboxylic acids is 4. The van der Waals surface area contributed by atoms with Gasteiger partial charge in [0, 0.05) is 70.6 Å². The maximum Gasteiger partial charge on any atom is 0.407 e. The van der Waals surface area contributed by atoms with Gasteiger partial charge < -0.3 is 61.9 Å². The first kappa shape index (κ1) is 51.1. The predicted molar refractivity (Wildman–Crippen MR) is 232 cm³/mol. The van der Waals surface area contributed by atoms with Crippen LogP contribution in [0.2, 0.25) is 0 Å². The molecule has 0 aromatic heterocycles. The van der Waals surface area contributed by atoms with Crippen LogP contribution in [-0.4, -0.2) is 177 Å². The zero-order chi connectivity index (χ0) is 47.5. The second-order valence-corrected chi connectivity index (χ2v) is 16.3. The van der Waals surface area contributed by atoms with Gasteiger partial charge in [-0.2, -0.15) is 0 Å². The van der Waals surface area contributed by atoms with Gasteiger partial charge >= 0.3 is 36.1 Å². The van der Waals surface area contributed by atoms with Crippen molar-refractivity contribution in [1.29, 1.82) is 0 Å². The number of benzene rings is 2. The summed E-state index contributed by atoms with van der Waals surface area (Å²) >= 11 is 0. The second kappa shape index (κ2) is 25.7. The molecule has 1 heterocycles. The molecule has 356 valence electrons. The molecule has 2 aromatic carbocycles. The van der Waals surface area contributed by atoms with Crippen molar-refractivity contribution in [3.05, 3.63) is 48.0 Å². The molecule has 0 radical (unpaired) electrons. The fourth-order valence-corrected chi connectivity index (χ4v) is 7.81.